The maximum Gasteiger partial charge on any atom is 0.176 e. The summed E-state index contributed by atoms with van der Waals surface area (Å²) in [5.41, 5.74) is 0.716. The first-order valence-corrected chi connectivity index (χ1v) is 8.01. The molecule has 4 nitrogen and oxygen atoms in total. The lowest BCUT2D eigenvalue weighted by molar-refractivity contribution is 0.0925. The zero-order chi connectivity index (χ0) is 15.8. The summed E-state index contributed by atoms with van der Waals surface area (Å²) in [4.78, 5) is 16.8. The van der Waals surface area contributed by atoms with Crippen LogP contribution in [0, 0.1) is 0 Å². The van der Waals surface area contributed by atoms with Gasteiger partial charge in [-0.3, -0.25) is 9.69 Å². The molecule has 5 heteroatoms. The topological polar surface area (TPSA) is 32.8 Å². The van der Waals surface area contributed by atoms with Crippen LogP contribution in [0.15, 0.2) is 22.7 Å². The first-order valence-electron chi connectivity index (χ1n) is 7.21. The molecule has 0 amide bonds. The van der Waals surface area contributed by atoms with Crippen LogP contribution in [0.3, 0.4) is 0 Å². The van der Waals surface area contributed by atoms with Crippen molar-refractivity contribution in [3.05, 3.63) is 28.2 Å². The summed E-state index contributed by atoms with van der Waals surface area (Å²) in [6, 6.07) is 5.47. The highest BCUT2D eigenvalue weighted by atomic mass is 79.9. The number of carbonyl (C=O) groups is 1. The Morgan fingerprint density at radius 3 is 2.48 bits per heavy atom. The Morgan fingerprint density at radius 2 is 1.95 bits per heavy atom. The smallest absolute Gasteiger partial charge is 0.176 e. The molecular weight excluding hydrogens is 332 g/mol. The number of methoxy groups -OCH3 is 1. The lowest BCUT2D eigenvalue weighted by Gasteiger charge is -2.23. The van der Waals surface area contributed by atoms with E-state index in [1.54, 1.807) is 7.11 Å². The molecule has 0 spiro atoms. The lowest BCUT2D eigenvalue weighted by atomic mass is 10.1. The van der Waals surface area contributed by atoms with Crippen LogP contribution in [0.1, 0.15) is 23.7 Å². The van der Waals surface area contributed by atoms with Crippen molar-refractivity contribution in [1.29, 1.82) is 0 Å². The fourth-order valence-electron chi connectivity index (χ4n) is 2.06. The second kappa shape index (κ2) is 9.18. The average molecular weight is 357 g/mol. The Kier molecular flexibility index (Phi) is 7.93. The van der Waals surface area contributed by atoms with E-state index in [0.29, 0.717) is 12.1 Å². The van der Waals surface area contributed by atoms with Crippen molar-refractivity contribution in [2.45, 2.75) is 13.3 Å². The van der Waals surface area contributed by atoms with Crippen molar-refractivity contribution in [3.63, 3.8) is 0 Å². The number of hydrogen-bond acceptors (Lipinski definition) is 4. The monoisotopic (exact) mass is 356 g/mol. The SMILES string of the molecule is CCCN(CCN(C)C)CC(=O)c1ccc(OC)c(Br)c1. The molecule has 1 aromatic carbocycles. The van der Waals surface area contributed by atoms with Gasteiger partial charge in [0, 0.05) is 18.7 Å². The molecule has 0 unspecified atom stereocenters. The summed E-state index contributed by atoms with van der Waals surface area (Å²) < 4.78 is 6.00. The first-order chi connectivity index (χ1) is 9.97. The van der Waals surface area contributed by atoms with Gasteiger partial charge in [-0.2, -0.15) is 0 Å². The Bertz CT molecular complexity index is 464. The highest BCUT2D eigenvalue weighted by molar-refractivity contribution is 9.10. The zero-order valence-corrected chi connectivity index (χ0v) is 14.9. The molecule has 0 aliphatic heterocycles. The highest BCUT2D eigenvalue weighted by Gasteiger charge is 2.13. The summed E-state index contributed by atoms with van der Waals surface area (Å²) in [7, 11) is 5.71. The highest BCUT2D eigenvalue weighted by Crippen LogP contribution is 2.25. The molecule has 118 valence electrons. The second-order valence-corrected chi connectivity index (χ2v) is 6.21. The van der Waals surface area contributed by atoms with Crippen molar-refractivity contribution in [1.82, 2.24) is 9.80 Å². The minimum atomic E-state index is 0.144. The molecular formula is C16H25BrN2O2. The summed E-state index contributed by atoms with van der Waals surface area (Å²) >= 11 is 3.42. The predicted molar refractivity (Wildman–Crippen MR) is 90.3 cm³/mol. The van der Waals surface area contributed by atoms with Crippen LogP contribution in [-0.4, -0.2) is 63.0 Å². The molecule has 0 bridgehead atoms. The minimum Gasteiger partial charge on any atom is -0.496 e. The van der Waals surface area contributed by atoms with Gasteiger partial charge in [-0.1, -0.05) is 6.92 Å². The number of likely N-dealkylation sites (N-methyl/N-ethyl adjacent to an activating group) is 1. The fourth-order valence-corrected chi connectivity index (χ4v) is 2.60. The molecule has 0 atom stereocenters. The lowest BCUT2D eigenvalue weighted by Crippen LogP contribution is -2.36. The van der Waals surface area contributed by atoms with Gasteiger partial charge in [0.1, 0.15) is 5.75 Å². The molecule has 0 aromatic heterocycles. The van der Waals surface area contributed by atoms with E-state index in [4.69, 9.17) is 4.74 Å². The van der Waals surface area contributed by atoms with Gasteiger partial charge in [0.25, 0.3) is 0 Å². The molecule has 0 fully saturated rings. The number of ether oxygens (including phenoxy) is 1. The van der Waals surface area contributed by atoms with Crippen molar-refractivity contribution in [2.24, 2.45) is 0 Å². The molecule has 0 radical (unpaired) electrons. The van der Waals surface area contributed by atoms with Crippen LogP contribution >= 0.6 is 15.9 Å². The van der Waals surface area contributed by atoms with E-state index in [1.165, 1.54) is 0 Å². The van der Waals surface area contributed by atoms with Gasteiger partial charge < -0.3 is 9.64 Å². The summed E-state index contributed by atoms with van der Waals surface area (Å²) in [6.07, 6.45) is 1.05. The third kappa shape index (κ3) is 6.16. The number of nitrogens with zero attached hydrogens (tertiary/aromatic N) is 2. The largest absolute Gasteiger partial charge is 0.496 e. The second-order valence-electron chi connectivity index (χ2n) is 5.35. The third-order valence-corrected chi connectivity index (χ3v) is 3.86. The molecule has 1 rings (SSSR count). The predicted octanol–water partition coefficient (Wildman–Crippen LogP) is 2.91. The number of Topliss-reactive ketones (excluding diaryl/α,β-unsaturated/α-hetero) is 1. The van der Waals surface area contributed by atoms with Gasteiger partial charge in [0.15, 0.2) is 5.78 Å². The molecule has 0 aliphatic rings. The molecule has 21 heavy (non-hydrogen) atoms. The van der Waals surface area contributed by atoms with Crippen LogP contribution in [0.4, 0.5) is 0 Å². The quantitative estimate of drug-likeness (QED) is 0.637. The standard InChI is InChI=1S/C16H25BrN2O2/c1-5-8-19(10-9-18(2)3)12-15(20)13-6-7-16(21-4)14(17)11-13/h6-7,11H,5,8-10,12H2,1-4H3. The molecule has 0 saturated carbocycles. The molecule has 0 N–H and O–H groups in total. The van der Waals surface area contributed by atoms with Crippen LogP contribution in [0.5, 0.6) is 5.75 Å². The van der Waals surface area contributed by atoms with Gasteiger partial charge in [0.05, 0.1) is 18.1 Å². The van der Waals surface area contributed by atoms with Crippen LogP contribution in [0.25, 0.3) is 0 Å². The van der Waals surface area contributed by atoms with E-state index in [9.17, 15) is 4.79 Å². The van der Waals surface area contributed by atoms with Crippen LogP contribution in [-0.2, 0) is 0 Å². The van der Waals surface area contributed by atoms with E-state index in [-0.39, 0.29) is 5.78 Å². The number of benzene rings is 1. The Balaban J connectivity index is 2.69. The maximum atomic E-state index is 12.4. The number of carbonyl (C=O) groups excluding carboxylic acids is 1. The molecule has 0 saturated heterocycles. The summed E-state index contributed by atoms with van der Waals surface area (Å²) in [6.45, 7) is 5.40. The van der Waals surface area contributed by atoms with Gasteiger partial charge in [0.2, 0.25) is 0 Å². The average Bonchev–Trinajstić information content (AvgIpc) is 2.44. The van der Waals surface area contributed by atoms with Gasteiger partial charge >= 0.3 is 0 Å². The van der Waals surface area contributed by atoms with Crippen molar-refractivity contribution < 1.29 is 9.53 Å². The number of halogens is 1. The van der Waals surface area contributed by atoms with Crippen molar-refractivity contribution >= 4 is 21.7 Å². The Hall–Kier alpha value is -0.910. The summed E-state index contributed by atoms with van der Waals surface area (Å²) in [5.74, 6) is 0.884. The molecule has 0 heterocycles. The van der Waals surface area contributed by atoms with Crippen LogP contribution in [0.2, 0.25) is 0 Å². The Morgan fingerprint density at radius 1 is 1.24 bits per heavy atom. The van der Waals surface area contributed by atoms with E-state index in [2.05, 4.69) is 32.7 Å². The summed E-state index contributed by atoms with van der Waals surface area (Å²) in [5, 5.41) is 0. The zero-order valence-electron chi connectivity index (χ0n) is 13.4. The Labute approximate surface area is 136 Å². The normalized spacial score (nSPS) is 11.2. The van der Waals surface area contributed by atoms with Crippen molar-refractivity contribution in [2.75, 3.05) is 47.4 Å². The van der Waals surface area contributed by atoms with Gasteiger partial charge in [-0.25, -0.2) is 0 Å². The van der Waals surface area contributed by atoms with Gasteiger partial charge in [-0.05, 0) is 61.2 Å². The minimum absolute atomic E-state index is 0.144. The van der Waals surface area contributed by atoms with E-state index in [0.717, 1.165) is 36.3 Å². The van der Waals surface area contributed by atoms with Crippen LogP contribution < -0.4 is 4.74 Å². The van der Waals surface area contributed by atoms with Gasteiger partial charge in [-0.15, -0.1) is 0 Å². The molecule has 1 aromatic rings. The van der Waals surface area contributed by atoms with Crippen molar-refractivity contribution in [3.8, 4) is 5.75 Å². The first kappa shape index (κ1) is 18.1. The number of rotatable bonds is 9. The van der Waals surface area contributed by atoms with E-state index < -0.39 is 0 Å². The third-order valence-electron chi connectivity index (χ3n) is 3.24. The van der Waals surface area contributed by atoms with E-state index >= 15 is 0 Å². The maximum absolute atomic E-state index is 12.4. The molecule has 0 aliphatic carbocycles. The number of hydrogen-bond donors (Lipinski definition) is 0. The number of ketones is 1. The fraction of sp³-hybridized carbons (Fsp3) is 0.562. The van der Waals surface area contributed by atoms with E-state index in [1.807, 2.05) is 32.3 Å².